The number of methoxy groups -OCH3 is 2. The number of benzene rings is 2. The molecule has 29 heavy (non-hydrogen) atoms. The van der Waals surface area contributed by atoms with E-state index >= 15 is 0 Å². The lowest BCUT2D eigenvalue weighted by Gasteiger charge is -2.21. The zero-order valence-corrected chi connectivity index (χ0v) is 16.5. The minimum absolute atomic E-state index is 0.0225. The van der Waals surface area contributed by atoms with E-state index in [0.29, 0.717) is 6.42 Å². The first-order valence-corrected chi connectivity index (χ1v) is 9.20. The van der Waals surface area contributed by atoms with Gasteiger partial charge in [-0.05, 0) is 24.0 Å². The molecule has 1 N–H and O–H groups in total. The molecule has 2 atom stereocenters. The Morgan fingerprint density at radius 2 is 1.38 bits per heavy atom. The number of nitrogens with one attached hydrogen (secondary N) is 1. The fraction of sp³-hybridized carbons (Fsp3) is 0.318. The van der Waals surface area contributed by atoms with E-state index in [1.165, 1.54) is 14.2 Å². The highest BCUT2D eigenvalue weighted by atomic mass is 16.6. The molecule has 7 heteroatoms. The first kappa shape index (κ1) is 21.9. The van der Waals surface area contributed by atoms with Crippen molar-refractivity contribution >= 4 is 18.0 Å². The van der Waals surface area contributed by atoms with Crippen molar-refractivity contribution in [3.05, 3.63) is 71.8 Å². The summed E-state index contributed by atoms with van der Waals surface area (Å²) in [5.74, 6) is -1.77. The van der Waals surface area contributed by atoms with Gasteiger partial charge in [0.25, 0.3) is 0 Å². The first-order chi connectivity index (χ1) is 14.0. The maximum absolute atomic E-state index is 12.2. The molecule has 0 spiro atoms. The van der Waals surface area contributed by atoms with Crippen LogP contribution >= 0.6 is 0 Å². The Hall–Kier alpha value is -3.35. The zero-order valence-electron chi connectivity index (χ0n) is 16.5. The van der Waals surface area contributed by atoms with Crippen LogP contribution in [0.3, 0.4) is 0 Å². The Kier molecular flexibility index (Phi) is 8.69. The molecule has 0 fully saturated rings. The van der Waals surface area contributed by atoms with Crippen molar-refractivity contribution in [3.63, 3.8) is 0 Å². The maximum atomic E-state index is 12.2. The smallest absolute Gasteiger partial charge is 0.408 e. The van der Waals surface area contributed by atoms with Crippen LogP contribution in [0.25, 0.3) is 0 Å². The van der Waals surface area contributed by atoms with Crippen molar-refractivity contribution in [2.75, 3.05) is 14.2 Å². The van der Waals surface area contributed by atoms with Crippen molar-refractivity contribution in [1.29, 1.82) is 0 Å². The van der Waals surface area contributed by atoms with Crippen LogP contribution in [0, 0.1) is 5.92 Å². The maximum Gasteiger partial charge on any atom is 0.408 e. The summed E-state index contributed by atoms with van der Waals surface area (Å²) in [4.78, 5) is 36.6. The number of alkyl carbamates (subject to hydrolysis) is 1. The molecule has 0 aromatic heterocycles. The van der Waals surface area contributed by atoms with Crippen LogP contribution in [0.15, 0.2) is 60.7 Å². The third kappa shape index (κ3) is 7.29. The summed E-state index contributed by atoms with van der Waals surface area (Å²) in [5, 5.41) is 2.49. The van der Waals surface area contributed by atoms with E-state index in [2.05, 4.69) is 5.32 Å². The van der Waals surface area contributed by atoms with Gasteiger partial charge >= 0.3 is 18.0 Å². The number of esters is 2. The average Bonchev–Trinajstić information content (AvgIpc) is 2.77. The van der Waals surface area contributed by atoms with Crippen LogP contribution in [-0.4, -0.2) is 38.3 Å². The quantitative estimate of drug-likeness (QED) is 0.515. The number of ether oxygens (including phenoxy) is 3. The predicted molar refractivity (Wildman–Crippen MR) is 106 cm³/mol. The van der Waals surface area contributed by atoms with Gasteiger partial charge in [0.15, 0.2) is 0 Å². The van der Waals surface area contributed by atoms with Gasteiger partial charge < -0.3 is 19.5 Å². The van der Waals surface area contributed by atoms with Crippen LogP contribution in [0.2, 0.25) is 0 Å². The second kappa shape index (κ2) is 11.5. The fourth-order valence-electron chi connectivity index (χ4n) is 2.88. The van der Waals surface area contributed by atoms with Crippen molar-refractivity contribution in [2.45, 2.75) is 25.5 Å². The van der Waals surface area contributed by atoms with E-state index in [1.807, 2.05) is 60.7 Å². The van der Waals surface area contributed by atoms with Crippen molar-refractivity contribution in [2.24, 2.45) is 5.92 Å². The number of hydrogen-bond acceptors (Lipinski definition) is 6. The zero-order chi connectivity index (χ0) is 21.1. The van der Waals surface area contributed by atoms with Crippen LogP contribution in [-0.2, 0) is 36.8 Å². The highest BCUT2D eigenvalue weighted by molar-refractivity contribution is 5.82. The Morgan fingerprint density at radius 1 is 0.828 bits per heavy atom. The van der Waals surface area contributed by atoms with Gasteiger partial charge in [-0.25, -0.2) is 9.59 Å². The van der Waals surface area contributed by atoms with E-state index < -0.39 is 30.0 Å². The second-order valence-corrected chi connectivity index (χ2v) is 6.43. The summed E-state index contributed by atoms with van der Waals surface area (Å²) in [6.07, 6.45) is -0.385. The molecule has 0 aliphatic heterocycles. The van der Waals surface area contributed by atoms with Gasteiger partial charge in [-0.2, -0.15) is 0 Å². The minimum Gasteiger partial charge on any atom is -0.469 e. The summed E-state index contributed by atoms with van der Waals surface area (Å²) in [7, 11) is 2.51. The average molecular weight is 399 g/mol. The summed E-state index contributed by atoms with van der Waals surface area (Å²) >= 11 is 0. The van der Waals surface area contributed by atoms with Gasteiger partial charge in [-0.1, -0.05) is 60.7 Å². The molecule has 2 aromatic rings. The van der Waals surface area contributed by atoms with Gasteiger partial charge in [-0.3, -0.25) is 4.79 Å². The van der Waals surface area contributed by atoms with Crippen LogP contribution in [0.1, 0.15) is 17.5 Å². The van der Waals surface area contributed by atoms with E-state index in [4.69, 9.17) is 14.2 Å². The van der Waals surface area contributed by atoms with Crippen LogP contribution in [0.5, 0.6) is 0 Å². The van der Waals surface area contributed by atoms with Gasteiger partial charge in [0.05, 0.1) is 20.1 Å². The van der Waals surface area contributed by atoms with Gasteiger partial charge in [0, 0.05) is 0 Å². The van der Waals surface area contributed by atoms with E-state index in [1.54, 1.807) is 0 Å². The number of hydrogen-bond donors (Lipinski definition) is 1. The molecule has 2 rings (SSSR count). The van der Waals surface area contributed by atoms with Crippen molar-refractivity contribution in [3.8, 4) is 0 Å². The second-order valence-electron chi connectivity index (χ2n) is 6.43. The molecule has 0 aliphatic rings. The molecular formula is C22H25NO6. The van der Waals surface area contributed by atoms with E-state index in [0.717, 1.165) is 11.1 Å². The topological polar surface area (TPSA) is 90.9 Å². The third-order valence-electron chi connectivity index (χ3n) is 4.37. The standard InChI is InChI=1S/C22H25NO6/c1-27-20(24)18(13-16-9-5-3-6-10-16)14-19(21(25)28-2)23-22(26)29-15-17-11-7-4-8-12-17/h3-12,18-19H,13-15H2,1-2H3,(H,23,26)/t18-,19-/m0/s1. The molecule has 0 saturated carbocycles. The van der Waals surface area contributed by atoms with Crippen LogP contribution in [0.4, 0.5) is 4.79 Å². The van der Waals surface area contributed by atoms with E-state index in [-0.39, 0.29) is 13.0 Å². The normalized spacial score (nSPS) is 12.3. The molecule has 7 nitrogen and oxygen atoms in total. The van der Waals surface area contributed by atoms with Crippen LogP contribution < -0.4 is 5.32 Å². The summed E-state index contributed by atoms with van der Waals surface area (Å²) in [6, 6.07) is 17.5. The van der Waals surface area contributed by atoms with Gasteiger partial charge in [0.2, 0.25) is 0 Å². The summed E-state index contributed by atoms with van der Waals surface area (Å²) < 4.78 is 14.8. The highest BCUT2D eigenvalue weighted by Gasteiger charge is 2.30. The Bertz CT molecular complexity index is 793. The molecule has 1 amide bonds. The lowest BCUT2D eigenvalue weighted by Crippen LogP contribution is -2.44. The molecule has 0 unspecified atom stereocenters. The first-order valence-electron chi connectivity index (χ1n) is 9.20. The fourth-order valence-corrected chi connectivity index (χ4v) is 2.88. The Balaban J connectivity index is 2.03. The lowest BCUT2D eigenvalue weighted by molar-refractivity contribution is -0.148. The Labute approximate surface area is 170 Å². The number of rotatable bonds is 9. The van der Waals surface area contributed by atoms with Gasteiger partial charge in [-0.15, -0.1) is 0 Å². The predicted octanol–water partition coefficient (Wildman–Crippen LogP) is 2.88. The largest absolute Gasteiger partial charge is 0.469 e. The van der Waals surface area contributed by atoms with E-state index in [9.17, 15) is 14.4 Å². The molecule has 0 aliphatic carbocycles. The number of carbonyl (C=O) groups excluding carboxylic acids is 3. The van der Waals surface area contributed by atoms with Crippen molar-refractivity contribution < 1.29 is 28.6 Å². The molecule has 0 heterocycles. The lowest BCUT2D eigenvalue weighted by atomic mass is 9.92. The Morgan fingerprint density at radius 3 is 1.93 bits per heavy atom. The summed E-state index contributed by atoms with van der Waals surface area (Å²) in [6.45, 7) is 0.0605. The molecule has 154 valence electrons. The number of amides is 1. The SMILES string of the molecule is COC(=O)[C@@H](Cc1ccccc1)C[C@H](NC(=O)OCc1ccccc1)C(=O)OC. The monoisotopic (exact) mass is 399 g/mol. The highest BCUT2D eigenvalue weighted by Crippen LogP contribution is 2.17. The summed E-state index contributed by atoms with van der Waals surface area (Å²) in [5.41, 5.74) is 1.73. The number of carbonyl (C=O) groups is 3. The van der Waals surface area contributed by atoms with Crippen molar-refractivity contribution in [1.82, 2.24) is 5.32 Å². The molecule has 0 radical (unpaired) electrons. The molecule has 2 aromatic carbocycles. The third-order valence-corrected chi connectivity index (χ3v) is 4.37. The molecular weight excluding hydrogens is 374 g/mol. The molecule has 0 bridgehead atoms. The van der Waals surface area contributed by atoms with Gasteiger partial charge in [0.1, 0.15) is 12.6 Å². The molecule has 0 saturated heterocycles. The minimum atomic E-state index is -1.05.